The molecule has 2 aliphatic rings. The van der Waals surface area contributed by atoms with Gasteiger partial charge in [-0.25, -0.2) is 9.37 Å². The first kappa shape index (κ1) is 21.6. The number of fused-ring (bicyclic) bond motifs is 2. The summed E-state index contributed by atoms with van der Waals surface area (Å²) in [5.74, 6) is 4.24. The maximum Gasteiger partial charge on any atom is 0.270 e. The molecular formula is C28H28FN3O. The van der Waals surface area contributed by atoms with Crippen LogP contribution in [0, 0.1) is 35.9 Å². The van der Waals surface area contributed by atoms with Crippen LogP contribution in [0.2, 0.25) is 0 Å². The molecule has 2 heterocycles. The number of hydrogen-bond acceptors (Lipinski definition) is 3. The van der Waals surface area contributed by atoms with Crippen molar-refractivity contribution in [3.8, 4) is 12.3 Å². The van der Waals surface area contributed by atoms with Gasteiger partial charge in [0.15, 0.2) is 0 Å². The Morgan fingerprint density at radius 1 is 1.09 bits per heavy atom. The molecule has 1 amide bonds. The Kier molecular flexibility index (Phi) is 5.40. The predicted octanol–water partition coefficient (Wildman–Crippen LogP) is 5.48. The molecule has 0 aliphatic heterocycles. The Labute approximate surface area is 194 Å². The first-order chi connectivity index (χ1) is 15.8. The summed E-state index contributed by atoms with van der Waals surface area (Å²) in [6.07, 6.45) is 13.2. The van der Waals surface area contributed by atoms with E-state index in [2.05, 4.69) is 41.1 Å². The number of halogens is 1. The van der Waals surface area contributed by atoms with E-state index in [1.54, 1.807) is 30.5 Å². The quantitative estimate of drug-likeness (QED) is 0.546. The molecule has 0 radical (unpaired) electrons. The zero-order valence-corrected chi connectivity index (χ0v) is 19.0. The fourth-order valence-corrected chi connectivity index (χ4v) is 6.03. The van der Waals surface area contributed by atoms with Gasteiger partial charge in [0, 0.05) is 28.9 Å². The first-order valence-corrected chi connectivity index (χ1v) is 11.6. The number of amides is 1. The van der Waals surface area contributed by atoms with Crippen molar-refractivity contribution in [1.29, 1.82) is 0 Å². The van der Waals surface area contributed by atoms with Crippen molar-refractivity contribution in [3.63, 3.8) is 0 Å². The van der Waals surface area contributed by atoms with Gasteiger partial charge in [-0.3, -0.25) is 9.78 Å². The van der Waals surface area contributed by atoms with Crippen LogP contribution in [-0.2, 0) is 0 Å². The summed E-state index contributed by atoms with van der Waals surface area (Å²) in [5.41, 5.74) is 2.80. The molecule has 5 heteroatoms. The Hall–Kier alpha value is -3.26. The second kappa shape index (κ2) is 8.26. The lowest BCUT2D eigenvalue weighted by atomic mass is 9.82. The predicted molar refractivity (Wildman–Crippen MR) is 127 cm³/mol. The molecule has 0 saturated heterocycles. The molecule has 168 valence electrons. The molecule has 4 atom stereocenters. The van der Waals surface area contributed by atoms with Gasteiger partial charge in [0.05, 0.1) is 5.52 Å². The van der Waals surface area contributed by atoms with Gasteiger partial charge in [0.25, 0.3) is 5.91 Å². The highest BCUT2D eigenvalue weighted by Crippen LogP contribution is 2.55. The zero-order chi connectivity index (χ0) is 23.2. The molecule has 1 aromatic carbocycles. The van der Waals surface area contributed by atoms with Gasteiger partial charge in [-0.2, -0.15) is 0 Å². The van der Waals surface area contributed by atoms with Crippen molar-refractivity contribution in [1.82, 2.24) is 15.3 Å². The van der Waals surface area contributed by atoms with Crippen LogP contribution < -0.4 is 5.32 Å². The monoisotopic (exact) mass is 441 g/mol. The molecule has 5 rings (SSSR count). The number of nitrogens with zero attached hydrogens (tertiary/aromatic N) is 2. The molecule has 3 aromatic rings. The Balaban J connectivity index is 1.26. The van der Waals surface area contributed by atoms with Gasteiger partial charge >= 0.3 is 0 Å². The lowest BCUT2D eigenvalue weighted by Crippen LogP contribution is -2.48. The van der Waals surface area contributed by atoms with Crippen LogP contribution in [0.3, 0.4) is 0 Å². The maximum absolute atomic E-state index is 13.9. The summed E-state index contributed by atoms with van der Waals surface area (Å²) in [6.45, 7) is 4.23. The van der Waals surface area contributed by atoms with Crippen LogP contribution in [0.15, 0.2) is 48.8 Å². The van der Waals surface area contributed by atoms with Crippen LogP contribution >= 0.6 is 0 Å². The van der Waals surface area contributed by atoms with Crippen molar-refractivity contribution in [2.24, 2.45) is 17.8 Å². The van der Waals surface area contributed by atoms with Crippen LogP contribution in [0.5, 0.6) is 0 Å². The van der Waals surface area contributed by atoms with Crippen molar-refractivity contribution in [2.45, 2.75) is 51.0 Å². The average molecular weight is 442 g/mol. The summed E-state index contributed by atoms with van der Waals surface area (Å²) in [5, 5.41) is 4.15. The van der Waals surface area contributed by atoms with Crippen molar-refractivity contribution >= 4 is 16.8 Å². The third-order valence-corrected chi connectivity index (χ3v) is 7.81. The minimum Gasteiger partial charge on any atom is -0.346 e. The Morgan fingerprint density at radius 2 is 1.85 bits per heavy atom. The van der Waals surface area contributed by atoms with E-state index < -0.39 is 0 Å². The highest BCUT2D eigenvalue weighted by Gasteiger charge is 2.47. The summed E-state index contributed by atoms with van der Waals surface area (Å²) in [7, 11) is 0. The zero-order valence-electron chi connectivity index (χ0n) is 19.0. The van der Waals surface area contributed by atoms with E-state index >= 15 is 0 Å². The standard InChI is InChI=1S/C28H28FN3O/c1-4-17-5-7-26(31-16-17)27(33)32-28(2,3)21-13-18-11-20(12-19(18)14-21)23-9-10-30-25-8-6-22(29)15-24(23)25/h1,5-10,15-16,18-21H,11-14H2,2-3H3,(H,32,33)/t18-,19+,20-,21?. The maximum atomic E-state index is 13.9. The van der Waals surface area contributed by atoms with Gasteiger partial charge in [-0.05, 0) is 105 Å². The van der Waals surface area contributed by atoms with Crippen molar-refractivity contribution < 1.29 is 9.18 Å². The number of aromatic nitrogens is 2. The molecule has 0 bridgehead atoms. The van der Waals surface area contributed by atoms with Crippen LogP contribution in [0.4, 0.5) is 4.39 Å². The molecule has 2 aliphatic carbocycles. The fraction of sp³-hybridized carbons (Fsp3) is 0.393. The average Bonchev–Trinajstić information content (AvgIpc) is 3.38. The van der Waals surface area contributed by atoms with Crippen molar-refractivity contribution in [2.75, 3.05) is 0 Å². The number of carbonyl (C=O) groups is 1. The van der Waals surface area contributed by atoms with Gasteiger partial charge in [0.1, 0.15) is 11.5 Å². The fourth-order valence-electron chi connectivity index (χ4n) is 6.03. The van der Waals surface area contributed by atoms with Crippen LogP contribution in [0.25, 0.3) is 10.9 Å². The van der Waals surface area contributed by atoms with E-state index in [0.717, 1.165) is 36.6 Å². The molecule has 1 unspecified atom stereocenters. The number of rotatable bonds is 4. The van der Waals surface area contributed by atoms with Crippen molar-refractivity contribution in [3.05, 3.63) is 71.4 Å². The molecular weight excluding hydrogens is 413 g/mol. The number of nitrogens with one attached hydrogen (secondary N) is 1. The number of hydrogen-bond donors (Lipinski definition) is 1. The second-order valence-corrected chi connectivity index (χ2v) is 10.2. The molecule has 2 aromatic heterocycles. The molecule has 4 nitrogen and oxygen atoms in total. The smallest absolute Gasteiger partial charge is 0.270 e. The molecule has 33 heavy (non-hydrogen) atoms. The third kappa shape index (κ3) is 4.11. The Bertz CT molecular complexity index is 1230. The van der Waals surface area contributed by atoms with Gasteiger partial charge in [-0.15, -0.1) is 6.42 Å². The lowest BCUT2D eigenvalue weighted by Gasteiger charge is -2.33. The second-order valence-electron chi connectivity index (χ2n) is 10.2. The number of terminal acetylenes is 1. The molecule has 2 saturated carbocycles. The lowest BCUT2D eigenvalue weighted by molar-refractivity contribution is 0.0872. The minimum absolute atomic E-state index is 0.163. The van der Waals surface area contributed by atoms with Gasteiger partial charge in [0.2, 0.25) is 0 Å². The highest BCUT2D eigenvalue weighted by molar-refractivity contribution is 5.92. The summed E-state index contributed by atoms with van der Waals surface area (Å²) >= 11 is 0. The van der Waals surface area contributed by atoms with E-state index in [4.69, 9.17) is 6.42 Å². The summed E-state index contributed by atoms with van der Waals surface area (Å²) in [6, 6.07) is 10.3. The summed E-state index contributed by atoms with van der Waals surface area (Å²) in [4.78, 5) is 21.4. The molecule has 2 fully saturated rings. The van der Waals surface area contributed by atoms with Crippen LogP contribution in [-0.4, -0.2) is 21.4 Å². The van der Waals surface area contributed by atoms with Crippen LogP contribution in [0.1, 0.15) is 67.1 Å². The summed E-state index contributed by atoms with van der Waals surface area (Å²) < 4.78 is 13.9. The van der Waals surface area contributed by atoms with Gasteiger partial charge in [-0.1, -0.05) is 5.92 Å². The van der Waals surface area contributed by atoms with E-state index in [0.29, 0.717) is 34.9 Å². The third-order valence-electron chi connectivity index (χ3n) is 7.81. The molecule has 1 N–H and O–H groups in total. The number of benzene rings is 1. The number of carbonyl (C=O) groups excluding carboxylic acids is 1. The topological polar surface area (TPSA) is 54.9 Å². The van der Waals surface area contributed by atoms with E-state index in [1.165, 1.54) is 11.6 Å². The highest BCUT2D eigenvalue weighted by atomic mass is 19.1. The normalized spacial score (nSPS) is 24.4. The van der Waals surface area contributed by atoms with Gasteiger partial charge < -0.3 is 5.32 Å². The number of pyridine rings is 2. The molecule has 0 spiro atoms. The largest absolute Gasteiger partial charge is 0.346 e. The Morgan fingerprint density at radius 3 is 2.52 bits per heavy atom. The first-order valence-electron chi connectivity index (χ1n) is 11.6. The van der Waals surface area contributed by atoms with E-state index in [1.807, 2.05) is 6.20 Å². The SMILES string of the molecule is C#Cc1ccc(C(=O)NC(C)(C)C2C[C@@H]3C[C@H](c4ccnc5ccc(F)cc45)C[C@@H]3C2)nc1. The minimum atomic E-state index is -0.324. The van der Waals surface area contributed by atoms with E-state index in [9.17, 15) is 9.18 Å². The van der Waals surface area contributed by atoms with E-state index in [-0.39, 0.29) is 17.3 Å².